The highest BCUT2D eigenvalue weighted by molar-refractivity contribution is 6.22. The maximum Gasteiger partial charge on any atom is 0.251 e. The molecule has 1 fully saturated rings. The fourth-order valence-corrected chi connectivity index (χ4v) is 3.14. The Balaban J connectivity index is 1.57. The Kier molecular flexibility index (Phi) is 6.06. The number of nitrogens with zero attached hydrogens (tertiary/aromatic N) is 1. The van der Waals surface area contributed by atoms with Gasteiger partial charge in [-0.1, -0.05) is 12.1 Å². The number of carbonyl (C=O) groups is 3. The molecular formula is C21H23N3O4. The summed E-state index contributed by atoms with van der Waals surface area (Å²) in [5.41, 5.74) is 2.24. The minimum absolute atomic E-state index is 0.134. The summed E-state index contributed by atoms with van der Waals surface area (Å²) in [6.45, 7) is 2.01. The minimum Gasteiger partial charge on any atom is -0.497 e. The van der Waals surface area contributed by atoms with E-state index in [1.165, 1.54) is 11.8 Å². The van der Waals surface area contributed by atoms with E-state index in [0.717, 1.165) is 17.7 Å². The van der Waals surface area contributed by atoms with Crippen LogP contribution in [0.4, 0.5) is 11.4 Å². The van der Waals surface area contributed by atoms with Gasteiger partial charge in [-0.05, 0) is 54.9 Å². The normalized spacial score (nSPS) is 16.4. The number of hydrogen-bond acceptors (Lipinski definition) is 5. The molecule has 1 saturated heterocycles. The second-order valence-electron chi connectivity index (χ2n) is 6.60. The van der Waals surface area contributed by atoms with Crippen molar-refractivity contribution in [3.05, 3.63) is 54.1 Å². The molecule has 0 radical (unpaired) electrons. The summed E-state index contributed by atoms with van der Waals surface area (Å²) in [5.74, 6) is 0.127. The van der Waals surface area contributed by atoms with Crippen LogP contribution in [0, 0.1) is 0 Å². The first kappa shape index (κ1) is 19.6. The van der Waals surface area contributed by atoms with Gasteiger partial charge in [0.15, 0.2) is 0 Å². The van der Waals surface area contributed by atoms with Crippen molar-refractivity contribution in [3.63, 3.8) is 0 Å². The predicted octanol–water partition coefficient (Wildman–Crippen LogP) is 2.12. The molecule has 7 heteroatoms. The fourth-order valence-electron chi connectivity index (χ4n) is 3.14. The van der Waals surface area contributed by atoms with E-state index in [9.17, 15) is 14.4 Å². The zero-order valence-electron chi connectivity index (χ0n) is 15.9. The van der Waals surface area contributed by atoms with Crippen molar-refractivity contribution in [2.24, 2.45) is 0 Å². The lowest BCUT2D eigenvalue weighted by atomic mass is 10.1. The Bertz CT molecular complexity index is 862. The second-order valence-corrected chi connectivity index (χ2v) is 6.60. The molecule has 2 N–H and O–H groups in total. The summed E-state index contributed by atoms with van der Waals surface area (Å²) in [6.07, 6.45) is 0.877. The molecular weight excluding hydrogens is 358 g/mol. The first-order valence-electron chi connectivity index (χ1n) is 9.08. The third kappa shape index (κ3) is 4.55. The summed E-state index contributed by atoms with van der Waals surface area (Å²) in [4.78, 5) is 37.3. The number of nitrogens with one attached hydrogen (secondary N) is 2. The molecule has 0 spiro atoms. The van der Waals surface area contributed by atoms with Gasteiger partial charge in [0.05, 0.1) is 25.3 Å². The summed E-state index contributed by atoms with van der Waals surface area (Å²) in [5, 5.41) is 5.83. The SMILES string of the molecule is COc1ccc(CCNC2CC(=O)N(c3ccc(NC(C)=O)cc3)C2=O)cc1. The molecule has 0 aromatic heterocycles. The molecule has 1 aliphatic heterocycles. The van der Waals surface area contributed by atoms with Gasteiger partial charge < -0.3 is 15.4 Å². The molecule has 0 saturated carbocycles. The average molecular weight is 381 g/mol. The molecule has 146 valence electrons. The van der Waals surface area contributed by atoms with Gasteiger partial charge in [-0.2, -0.15) is 0 Å². The van der Waals surface area contributed by atoms with Gasteiger partial charge in [-0.3, -0.25) is 14.4 Å². The van der Waals surface area contributed by atoms with Gasteiger partial charge in [0.25, 0.3) is 5.91 Å². The zero-order chi connectivity index (χ0) is 20.1. The highest BCUT2D eigenvalue weighted by Gasteiger charge is 2.39. The molecule has 28 heavy (non-hydrogen) atoms. The number of imide groups is 1. The lowest BCUT2D eigenvalue weighted by Gasteiger charge is -2.16. The first-order valence-corrected chi connectivity index (χ1v) is 9.08. The number of hydrogen-bond donors (Lipinski definition) is 2. The zero-order valence-corrected chi connectivity index (χ0v) is 15.9. The van der Waals surface area contributed by atoms with E-state index in [2.05, 4.69) is 10.6 Å². The van der Waals surface area contributed by atoms with Crippen LogP contribution in [0.1, 0.15) is 18.9 Å². The van der Waals surface area contributed by atoms with Crippen LogP contribution in [0.2, 0.25) is 0 Å². The summed E-state index contributed by atoms with van der Waals surface area (Å²) < 4.78 is 5.14. The molecule has 3 amide bonds. The van der Waals surface area contributed by atoms with Crippen molar-refractivity contribution < 1.29 is 19.1 Å². The molecule has 0 aliphatic carbocycles. The number of anilines is 2. The van der Waals surface area contributed by atoms with E-state index >= 15 is 0 Å². The molecule has 2 aromatic rings. The highest BCUT2D eigenvalue weighted by atomic mass is 16.5. The van der Waals surface area contributed by atoms with E-state index < -0.39 is 6.04 Å². The van der Waals surface area contributed by atoms with Gasteiger partial charge in [0, 0.05) is 12.6 Å². The summed E-state index contributed by atoms with van der Waals surface area (Å²) in [6, 6.07) is 13.9. The minimum atomic E-state index is -0.527. The van der Waals surface area contributed by atoms with Gasteiger partial charge in [0.2, 0.25) is 11.8 Å². The molecule has 1 atom stereocenters. The van der Waals surface area contributed by atoms with Gasteiger partial charge in [0.1, 0.15) is 5.75 Å². The summed E-state index contributed by atoms with van der Waals surface area (Å²) in [7, 11) is 1.62. The van der Waals surface area contributed by atoms with Crippen molar-refractivity contribution >= 4 is 29.1 Å². The number of rotatable bonds is 7. The van der Waals surface area contributed by atoms with Crippen LogP contribution in [-0.4, -0.2) is 37.4 Å². The number of methoxy groups -OCH3 is 1. The van der Waals surface area contributed by atoms with E-state index in [4.69, 9.17) is 4.74 Å². The molecule has 1 aliphatic rings. The monoisotopic (exact) mass is 381 g/mol. The Hall–Kier alpha value is -3.19. The highest BCUT2D eigenvalue weighted by Crippen LogP contribution is 2.24. The fraction of sp³-hybridized carbons (Fsp3) is 0.286. The van der Waals surface area contributed by atoms with Crippen molar-refractivity contribution in [2.45, 2.75) is 25.8 Å². The predicted molar refractivity (Wildman–Crippen MR) is 106 cm³/mol. The lowest BCUT2D eigenvalue weighted by Crippen LogP contribution is -2.39. The Morgan fingerprint density at radius 1 is 1.11 bits per heavy atom. The van der Waals surface area contributed by atoms with E-state index in [0.29, 0.717) is 17.9 Å². The van der Waals surface area contributed by atoms with Gasteiger partial charge in [-0.25, -0.2) is 4.90 Å². The smallest absolute Gasteiger partial charge is 0.251 e. The third-order valence-electron chi connectivity index (χ3n) is 4.56. The second kappa shape index (κ2) is 8.67. The van der Waals surface area contributed by atoms with Crippen LogP contribution in [0.25, 0.3) is 0 Å². The van der Waals surface area contributed by atoms with Crippen molar-refractivity contribution in [2.75, 3.05) is 23.9 Å². The lowest BCUT2D eigenvalue weighted by molar-refractivity contribution is -0.121. The van der Waals surface area contributed by atoms with Crippen LogP contribution in [-0.2, 0) is 20.8 Å². The van der Waals surface area contributed by atoms with Gasteiger partial charge in [-0.15, -0.1) is 0 Å². The van der Waals surface area contributed by atoms with Crippen molar-refractivity contribution in [1.29, 1.82) is 0 Å². The molecule has 0 bridgehead atoms. The molecule has 1 unspecified atom stereocenters. The number of amides is 3. The third-order valence-corrected chi connectivity index (χ3v) is 4.56. The maximum absolute atomic E-state index is 12.7. The first-order chi connectivity index (χ1) is 13.5. The number of carbonyl (C=O) groups excluding carboxylic acids is 3. The van der Waals surface area contributed by atoms with Crippen molar-refractivity contribution in [3.8, 4) is 5.75 Å². The Labute approximate surface area is 163 Å². The van der Waals surface area contributed by atoms with Gasteiger partial charge >= 0.3 is 0 Å². The van der Waals surface area contributed by atoms with Crippen LogP contribution in [0.5, 0.6) is 5.75 Å². The number of ether oxygens (including phenoxy) is 1. The molecule has 3 rings (SSSR count). The number of benzene rings is 2. The maximum atomic E-state index is 12.7. The van der Waals surface area contributed by atoms with Crippen LogP contribution < -0.4 is 20.3 Å². The Morgan fingerprint density at radius 2 is 1.79 bits per heavy atom. The molecule has 7 nitrogen and oxygen atoms in total. The topological polar surface area (TPSA) is 87.7 Å². The Morgan fingerprint density at radius 3 is 2.39 bits per heavy atom. The van der Waals surface area contributed by atoms with Crippen LogP contribution in [0.3, 0.4) is 0 Å². The quantitative estimate of drug-likeness (QED) is 0.718. The standard InChI is InChI=1S/C21H23N3O4/c1-14(25)23-16-5-7-17(8-6-16)24-20(26)13-19(21(24)27)22-12-11-15-3-9-18(28-2)10-4-15/h3-10,19,22H,11-13H2,1-2H3,(H,23,25). The van der Waals surface area contributed by atoms with Crippen LogP contribution >= 0.6 is 0 Å². The van der Waals surface area contributed by atoms with Crippen LogP contribution in [0.15, 0.2) is 48.5 Å². The molecule has 1 heterocycles. The van der Waals surface area contributed by atoms with E-state index in [-0.39, 0.29) is 24.1 Å². The molecule has 2 aromatic carbocycles. The summed E-state index contributed by atoms with van der Waals surface area (Å²) >= 11 is 0. The van der Waals surface area contributed by atoms with Crippen molar-refractivity contribution in [1.82, 2.24) is 5.32 Å². The average Bonchev–Trinajstić information content (AvgIpc) is 2.96. The van der Waals surface area contributed by atoms with E-state index in [1.54, 1.807) is 31.4 Å². The van der Waals surface area contributed by atoms with E-state index in [1.807, 2.05) is 24.3 Å². The largest absolute Gasteiger partial charge is 0.497 e.